The minimum Gasteiger partial charge on any atom is -0.320 e. The SMILES string of the molecule is CC(C)N(Cc1ccc(C#CCN)cc1)Cc1cccs1. The second-order valence-corrected chi connectivity index (χ2v) is 6.31. The van der Waals surface area contributed by atoms with E-state index < -0.39 is 0 Å². The van der Waals surface area contributed by atoms with E-state index in [0.29, 0.717) is 12.6 Å². The van der Waals surface area contributed by atoms with Gasteiger partial charge in [0, 0.05) is 29.6 Å². The highest BCUT2D eigenvalue weighted by Gasteiger charge is 2.11. The maximum Gasteiger partial charge on any atom is 0.0555 e. The van der Waals surface area contributed by atoms with Crippen LogP contribution in [-0.4, -0.2) is 17.5 Å². The number of hydrogen-bond donors (Lipinski definition) is 1. The molecule has 2 N–H and O–H groups in total. The average molecular weight is 298 g/mol. The van der Waals surface area contributed by atoms with Gasteiger partial charge in [0.1, 0.15) is 0 Å². The first kappa shape index (κ1) is 15.8. The first-order chi connectivity index (χ1) is 10.2. The number of hydrogen-bond acceptors (Lipinski definition) is 3. The maximum absolute atomic E-state index is 5.39. The van der Waals surface area contributed by atoms with Crippen molar-refractivity contribution in [1.82, 2.24) is 4.90 Å². The summed E-state index contributed by atoms with van der Waals surface area (Å²) in [6.45, 7) is 6.86. The molecule has 110 valence electrons. The molecule has 0 amide bonds. The fourth-order valence-corrected chi connectivity index (χ4v) is 2.83. The van der Waals surface area contributed by atoms with Crippen molar-refractivity contribution in [3.8, 4) is 11.8 Å². The van der Waals surface area contributed by atoms with Gasteiger partial charge in [-0.25, -0.2) is 0 Å². The van der Waals surface area contributed by atoms with E-state index in [1.807, 2.05) is 11.3 Å². The summed E-state index contributed by atoms with van der Waals surface area (Å²) in [6.07, 6.45) is 0. The predicted octanol–water partition coefficient (Wildman–Crippen LogP) is 3.47. The zero-order chi connectivity index (χ0) is 15.1. The van der Waals surface area contributed by atoms with Crippen LogP contribution in [0.3, 0.4) is 0 Å². The molecule has 0 aliphatic rings. The number of nitrogens with two attached hydrogens (primary N) is 1. The molecular weight excluding hydrogens is 276 g/mol. The Hall–Kier alpha value is -1.60. The molecule has 3 heteroatoms. The van der Waals surface area contributed by atoms with Crippen molar-refractivity contribution in [3.05, 3.63) is 57.8 Å². The Bertz CT molecular complexity index is 588. The fraction of sp³-hybridized carbons (Fsp3) is 0.333. The summed E-state index contributed by atoms with van der Waals surface area (Å²) in [4.78, 5) is 3.89. The number of benzene rings is 1. The molecule has 0 fully saturated rings. The van der Waals surface area contributed by atoms with Crippen LogP contribution >= 0.6 is 11.3 Å². The van der Waals surface area contributed by atoms with Gasteiger partial charge in [-0.15, -0.1) is 11.3 Å². The molecule has 0 atom stereocenters. The number of thiophene rings is 1. The Morgan fingerprint density at radius 1 is 1.14 bits per heavy atom. The Kier molecular flexibility index (Phi) is 6.01. The van der Waals surface area contributed by atoms with E-state index in [2.05, 4.69) is 72.4 Å². The monoisotopic (exact) mass is 298 g/mol. The van der Waals surface area contributed by atoms with Gasteiger partial charge >= 0.3 is 0 Å². The molecule has 21 heavy (non-hydrogen) atoms. The summed E-state index contributed by atoms with van der Waals surface area (Å²) >= 11 is 1.82. The lowest BCUT2D eigenvalue weighted by Crippen LogP contribution is -2.29. The molecule has 2 aromatic rings. The summed E-state index contributed by atoms with van der Waals surface area (Å²) in [5, 5.41) is 2.14. The minimum atomic E-state index is 0.406. The normalized spacial score (nSPS) is 10.7. The van der Waals surface area contributed by atoms with Gasteiger partial charge in [0.25, 0.3) is 0 Å². The smallest absolute Gasteiger partial charge is 0.0555 e. The molecule has 0 unspecified atom stereocenters. The van der Waals surface area contributed by atoms with Crippen LogP contribution in [0.15, 0.2) is 41.8 Å². The molecule has 2 nitrogen and oxygen atoms in total. The van der Waals surface area contributed by atoms with Crippen molar-refractivity contribution in [2.24, 2.45) is 5.73 Å². The van der Waals surface area contributed by atoms with Crippen LogP contribution in [0.4, 0.5) is 0 Å². The van der Waals surface area contributed by atoms with Gasteiger partial charge in [0.05, 0.1) is 6.54 Å². The largest absolute Gasteiger partial charge is 0.320 e. The van der Waals surface area contributed by atoms with Crippen molar-refractivity contribution >= 4 is 11.3 Å². The molecule has 2 rings (SSSR count). The molecule has 0 spiro atoms. The van der Waals surface area contributed by atoms with Crippen LogP contribution in [0.1, 0.15) is 29.9 Å². The number of nitrogens with zero attached hydrogens (tertiary/aromatic N) is 1. The van der Waals surface area contributed by atoms with Gasteiger partial charge < -0.3 is 5.73 Å². The van der Waals surface area contributed by atoms with Crippen LogP contribution < -0.4 is 5.73 Å². The second-order valence-electron chi connectivity index (χ2n) is 5.28. The molecule has 1 aromatic carbocycles. The van der Waals surface area contributed by atoms with Crippen molar-refractivity contribution in [1.29, 1.82) is 0 Å². The lowest BCUT2D eigenvalue weighted by Gasteiger charge is -2.26. The van der Waals surface area contributed by atoms with Gasteiger partial charge in [0.2, 0.25) is 0 Å². The Morgan fingerprint density at radius 3 is 2.48 bits per heavy atom. The van der Waals surface area contributed by atoms with Crippen molar-refractivity contribution in [2.75, 3.05) is 6.54 Å². The van der Waals surface area contributed by atoms with E-state index in [4.69, 9.17) is 5.73 Å². The van der Waals surface area contributed by atoms with Gasteiger partial charge in [-0.05, 0) is 43.0 Å². The molecule has 0 saturated heterocycles. The molecule has 0 radical (unpaired) electrons. The summed E-state index contributed by atoms with van der Waals surface area (Å²) in [5.41, 5.74) is 7.74. The zero-order valence-corrected chi connectivity index (χ0v) is 13.5. The van der Waals surface area contributed by atoms with E-state index in [9.17, 15) is 0 Å². The highest BCUT2D eigenvalue weighted by Crippen LogP contribution is 2.17. The maximum atomic E-state index is 5.39. The van der Waals surface area contributed by atoms with E-state index in [0.717, 1.165) is 18.7 Å². The van der Waals surface area contributed by atoms with Crippen LogP contribution in [0.2, 0.25) is 0 Å². The highest BCUT2D eigenvalue weighted by atomic mass is 32.1. The van der Waals surface area contributed by atoms with Crippen molar-refractivity contribution in [3.63, 3.8) is 0 Å². The summed E-state index contributed by atoms with van der Waals surface area (Å²) in [6, 6.07) is 13.3. The third-order valence-corrected chi connectivity index (χ3v) is 4.20. The summed E-state index contributed by atoms with van der Waals surface area (Å²) < 4.78 is 0. The molecule has 1 aromatic heterocycles. The predicted molar refractivity (Wildman–Crippen MR) is 91.1 cm³/mol. The van der Waals surface area contributed by atoms with Crippen LogP contribution in [-0.2, 0) is 13.1 Å². The van der Waals surface area contributed by atoms with Crippen LogP contribution in [0.25, 0.3) is 0 Å². The van der Waals surface area contributed by atoms with E-state index in [-0.39, 0.29) is 0 Å². The molecule has 0 aliphatic carbocycles. The molecule has 0 saturated carbocycles. The minimum absolute atomic E-state index is 0.406. The Labute approximate surface area is 131 Å². The van der Waals surface area contributed by atoms with Gasteiger partial charge in [-0.2, -0.15) is 0 Å². The van der Waals surface area contributed by atoms with E-state index in [1.165, 1.54) is 10.4 Å². The topological polar surface area (TPSA) is 29.3 Å². The molecule has 0 bridgehead atoms. The van der Waals surface area contributed by atoms with E-state index in [1.54, 1.807) is 0 Å². The number of rotatable bonds is 5. The molecular formula is C18H22N2S. The Morgan fingerprint density at radius 2 is 1.90 bits per heavy atom. The van der Waals surface area contributed by atoms with Crippen molar-refractivity contribution < 1.29 is 0 Å². The average Bonchev–Trinajstić information content (AvgIpc) is 2.99. The molecule has 1 heterocycles. The third kappa shape index (κ3) is 5.02. The summed E-state index contributed by atoms with van der Waals surface area (Å²) in [5.74, 6) is 5.94. The quantitative estimate of drug-likeness (QED) is 0.857. The highest BCUT2D eigenvalue weighted by molar-refractivity contribution is 7.09. The third-order valence-electron chi connectivity index (χ3n) is 3.34. The standard InChI is InChI=1S/C18H22N2S/c1-15(2)20(14-18-6-4-12-21-18)13-17-9-7-16(8-10-17)5-3-11-19/h4,6-10,12,15H,11,13-14,19H2,1-2H3. The van der Waals surface area contributed by atoms with Gasteiger partial charge in [-0.3, -0.25) is 4.90 Å². The zero-order valence-electron chi connectivity index (χ0n) is 12.7. The summed E-state index contributed by atoms with van der Waals surface area (Å²) in [7, 11) is 0. The van der Waals surface area contributed by atoms with Crippen LogP contribution in [0, 0.1) is 11.8 Å². The lowest BCUT2D eigenvalue weighted by molar-refractivity contribution is 0.205. The van der Waals surface area contributed by atoms with Crippen LogP contribution in [0.5, 0.6) is 0 Å². The Balaban J connectivity index is 2.03. The van der Waals surface area contributed by atoms with Gasteiger partial charge in [-0.1, -0.05) is 30.0 Å². The van der Waals surface area contributed by atoms with E-state index >= 15 is 0 Å². The molecule has 0 aliphatic heterocycles. The second kappa shape index (κ2) is 7.99. The lowest BCUT2D eigenvalue weighted by atomic mass is 10.1. The first-order valence-electron chi connectivity index (χ1n) is 7.23. The van der Waals surface area contributed by atoms with Crippen molar-refractivity contribution in [2.45, 2.75) is 33.0 Å². The first-order valence-corrected chi connectivity index (χ1v) is 8.11. The fourth-order valence-electron chi connectivity index (χ4n) is 2.10. The van der Waals surface area contributed by atoms with Gasteiger partial charge in [0.15, 0.2) is 0 Å².